The molecule has 1 aromatic carbocycles. The minimum absolute atomic E-state index is 0. The first-order valence-electron chi connectivity index (χ1n) is 8.29. The van der Waals surface area contributed by atoms with Gasteiger partial charge in [-0.1, -0.05) is 0 Å². The molecule has 3 N–H and O–H groups in total. The fraction of sp³-hybridized carbons (Fsp3) is 0.529. The molecule has 5 nitrogen and oxygen atoms in total. The molecule has 1 unspecified atom stereocenters. The summed E-state index contributed by atoms with van der Waals surface area (Å²) in [5.74, 6) is 0.865. The number of amides is 1. The summed E-state index contributed by atoms with van der Waals surface area (Å²) in [6.45, 7) is 2.62. The zero-order valence-corrected chi connectivity index (χ0v) is 15.4. The second kappa shape index (κ2) is 7.89. The van der Waals surface area contributed by atoms with E-state index in [0.29, 0.717) is 18.5 Å². The predicted molar refractivity (Wildman–Crippen MR) is 99.9 cm³/mol. The smallest absolute Gasteiger partial charge is 0.223 e. The van der Waals surface area contributed by atoms with Gasteiger partial charge in [0.2, 0.25) is 5.91 Å². The van der Waals surface area contributed by atoms with E-state index < -0.39 is 0 Å². The molecule has 0 bridgehead atoms. The molecule has 1 amide bonds. The van der Waals surface area contributed by atoms with Crippen molar-refractivity contribution in [1.29, 1.82) is 0 Å². The van der Waals surface area contributed by atoms with Crippen molar-refractivity contribution in [3.8, 4) is 0 Å². The lowest BCUT2D eigenvalue weighted by atomic mass is 9.92. The number of aromatic amines is 1. The average molecular weight is 389 g/mol. The monoisotopic (exact) mass is 388 g/mol. The van der Waals surface area contributed by atoms with Crippen molar-refractivity contribution in [2.24, 2.45) is 11.3 Å². The summed E-state index contributed by atoms with van der Waals surface area (Å²) in [5, 5.41) is 6.38. The van der Waals surface area contributed by atoms with Crippen LogP contribution >= 0.6 is 24.8 Å². The van der Waals surface area contributed by atoms with E-state index in [1.54, 1.807) is 6.07 Å². The molecular weight excluding hydrogens is 366 g/mol. The third-order valence-electron chi connectivity index (χ3n) is 5.26. The van der Waals surface area contributed by atoms with Crippen LogP contribution < -0.4 is 10.6 Å². The zero-order chi connectivity index (χ0) is 15.9. The van der Waals surface area contributed by atoms with Gasteiger partial charge in [-0.2, -0.15) is 0 Å². The van der Waals surface area contributed by atoms with Crippen LogP contribution in [0.5, 0.6) is 0 Å². The van der Waals surface area contributed by atoms with Gasteiger partial charge in [0, 0.05) is 18.9 Å². The fourth-order valence-electron chi connectivity index (χ4n) is 3.78. The predicted octanol–water partition coefficient (Wildman–Crippen LogP) is 2.59. The Hall–Kier alpha value is -1.37. The van der Waals surface area contributed by atoms with Crippen LogP contribution in [0.15, 0.2) is 18.2 Å². The Morgan fingerprint density at radius 2 is 2.08 bits per heavy atom. The molecule has 1 saturated heterocycles. The van der Waals surface area contributed by atoms with Crippen LogP contribution in [0.1, 0.15) is 25.1 Å². The average Bonchev–Trinajstić information content (AvgIpc) is 3.07. The summed E-state index contributed by atoms with van der Waals surface area (Å²) < 4.78 is 13.2. The minimum atomic E-state index is -0.276. The van der Waals surface area contributed by atoms with Crippen molar-refractivity contribution in [2.75, 3.05) is 19.6 Å². The van der Waals surface area contributed by atoms with Gasteiger partial charge in [0.25, 0.3) is 0 Å². The summed E-state index contributed by atoms with van der Waals surface area (Å²) in [4.78, 5) is 19.8. The number of fused-ring (bicyclic) bond motifs is 1. The topological polar surface area (TPSA) is 69.8 Å². The maximum absolute atomic E-state index is 13.2. The standard InChI is InChI=1S/C17H21FN4O.2ClH/c18-11-1-2-13-14(9-11)22-15(21-13)3-6-20-16(23)12-10-17(12)4-7-19-8-5-17;;/h1-2,9,12,19H,3-8,10H2,(H,20,23)(H,21,22);2*1H. The first kappa shape index (κ1) is 19.9. The Balaban J connectivity index is 0.00000113. The number of rotatable bonds is 4. The van der Waals surface area contributed by atoms with Crippen molar-refractivity contribution >= 4 is 41.8 Å². The van der Waals surface area contributed by atoms with E-state index in [0.717, 1.165) is 43.7 Å². The fourth-order valence-corrected chi connectivity index (χ4v) is 3.78. The minimum Gasteiger partial charge on any atom is -0.355 e. The normalized spacial score (nSPS) is 20.6. The third-order valence-corrected chi connectivity index (χ3v) is 5.26. The SMILES string of the molecule is Cl.Cl.O=C(NCCc1nc2ccc(F)cc2[nH]1)C1CC12CCNCC2. The van der Waals surface area contributed by atoms with Crippen LogP contribution in [-0.2, 0) is 11.2 Å². The Bertz CT molecular complexity index is 745. The number of benzene rings is 1. The number of aromatic nitrogens is 2. The Labute approximate surface area is 158 Å². The number of imidazole rings is 1. The van der Waals surface area contributed by atoms with Gasteiger partial charge >= 0.3 is 0 Å². The second-order valence-electron chi connectivity index (χ2n) is 6.76. The summed E-state index contributed by atoms with van der Waals surface area (Å²) in [5.41, 5.74) is 1.72. The summed E-state index contributed by atoms with van der Waals surface area (Å²) in [6.07, 6.45) is 3.88. The molecule has 2 aliphatic rings. The molecule has 138 valence electrons. The summed E-state index contributed by atoms with van der Waals surface area (Å²) in [6, 6.07) is 4.50. The van der Waals surface area contributed by atoms with E-state index in [9.17, 15) is 9.18 Å². The van der Waals surface area contributed by atoms with Gasteiger partial charge in [0.05, 0.1) is 11.0 Å². The highest BCUT2D eigenvalue weighted by molar-refractivity contribution is 5.85. The number of piperidine rings is 1. The molecule has 0 radical (unpaired) electrons. The number of H-pyrrole nitrogens is 1. The van der Waals surface area contributed by atoms with E-state index in [2.05, 4.69) is 20.6 Å². The van der Waals surface area contributed by atoms with E-state index in [1.165, 1.54) is 12.1 Å². The first-order chi connectivity index (χ1) is 11.2. The van der Waals surface area contributed by atoms with E-state index in [-0.39, 0.29) is 47.9 Å². The number of nitrogens with one attached hydrogen (secondary N) is 3. The molecule has 1 saturated carbocycles. The molecule has 25 heavy (non-hydrogen) atoms. The maximum atomic E-state index is 13.2. The molecule has 1 aliphatic carbocycles. The number of carbonyl (C=O) groups is 1. The lowest BCUT2D eigenvalue weighted by molar-refractivity contribution is -0.123. The number of nitrogens with zero attached hydrogens (tertiary/aromatic N) is 1. The van der Waals surface area contributed by atoms with Crippen LogP contribution in [0.25, 0.3) is 11.0 Å². The quantitative estimate of drug-likeness (QED) is 0.753. The number of hydrogen-bond acceptors (Lipinski definition) is 3. The summed E-state index contributed by atoms with van der Waals surface area (Å²) in [7, 11) is 0. The number of carbonyl (C=O) groups excluding carboxylic acids is 1. The van der Waals surface area contributed by atoms with Crippen molar-refractivity contribution < 1.29 is 9.18 Å². The van der Waals surface area contributed by atoms with Crippen molar-refractivity contribution in [3.63, 3.8) is 0 Å². The molecule has 4 rings (SSSR count). The molecular formula is C17H23Cl2FN4O. The number of hydrogen-bond donors (Lipinski definition) is 3. The van der Waals surface area contributed by atoms with Crippen molar-refractivity contribution in [2.45, 2.75) is 25.7 Å². The molecule has 1 aliphatic heterocycles. The Kier molecular flexibility index (Phi) is 6.30. The lowest BCUT2D eigenvalue weighted by Crippen LogP contribution is -2.34. The van der Waals surface area contributed by atoms with Gasteiger partial charge in [-0.15, -0.1) is 24.8 Å². The summed E-state index contributed by atoms with van der Waals surface area (Å²) >= 11 is 0. The van der Waals surface area contributed by atoms with Crippen LogP contribution in [0, 0.1) is 17.2 Å². The first-order valence-corrected chi connectivity index (χ1v) is 8.29. The van der Waals surface area contributed by atoms with E-state index in [4.69, 9.17) is 0 Å². The van der Waals surface area contributed by atoms with Gasteiger partial charge in [0.15, 0.2) is 0 Å². The van der Waals surface area contributed by atoms with Crippen LogP contribution in [0.3, 0.4) is 0 Å². The van der Waals surface area contributed by atoms with E-state index in [1.807, 2.05) is 0 Å². The lowest BCUT2D eigenvalue weighted by Gasteiger charge is -2.23. The highest BCUT2D eigenvalue weighted by Crippen LogP contribution is 2.58. The number of halogens is 3. The Morgan fingerprint density at radius 1 is 1.32 bits per heavy atom. The molecule has 2 aromatic rings. The second-order valence-corrected chi connectivity index (χ2v) is 6.76. The van der Waals surface area contributed by atoms with Gasteiger partial charge in [-0.25, -0.2) is 9.37 Å². The zero-order valence-electron chi connectivity index (χ0n) is 13.8. The molecule has 2 heterocycles. The van der Waals surface area contributed by atoms with Crippen LogP contribution in [0.4, 0.5) is 4.39 Å². The highest BCUT2D eigenvalue weighted by Gasteiger charge is 2.57. The van der Waals surface area contributed by atoms with Gasteiger partial charge < -0.3 is 15.6 Å². The van der Waals surface area contributed by atoms with Crippen LogP contribution in [-0.4, -0.2) is 35.5 Å². The van der Waals surface area contributed by atoms with Gasteiger partial charge in [-0.05, 0) is 56.0 Å². The van der Waals surface area contributed by atoms with Crippen molar-refractivity contribution in [3.05, 3.63) is 29.8 Å². The van der Waals surface area contributed by atoms with Crippen LogP contribution in [0.2, 0.25) is 0 Å². The molecule has 1 atom stereocenters. The van der Waals surface area contributed by atoms with Crippen molar-refractivity contribution in [1.82, 2.24) is 20.6 Å². The largest absolute Gasteiger partial charge is 0.355 e. The third kappa shape index (κ3) is 4.07. The van der Waals surface area contributed by atoms with Gasteiger partial charge in [0.1, 0.15) is 11.6 Å². The van der Waals surface area contributed by atoms with E-state index >= 15 is 0 Å². The molecule has 1 spiro atoms. The van der Waals surface area contributed by atoms with Gasteiger partial charge in [-0.3, -0.25) is 4.79 Å². The maximum Gasteiger partial charge on any atom is 0.223 e. The molecule has 1 aromatic heterocycles. The Morgan fingerprint density at radius 3 is 2.84 bits per heavy atom. The molecule has 8 heteroatoms. The molecule has 2 fully saturated rings. The highest BCUT2D eigenvalue weighted by atomic mass is 35.5.